The highest BCUT2D eigenvalue weighted by Crippen LogP contribution is 2.20. The Morgan fingerprint density at radius 1 is 1.43 bits per heavy atom. The van der Waals surface area contributed by atoms with E-state index in [0.29, 0.717) is 16.1 Å². The van der Waals surface area contributed by atoms with Gasteiger partial charge in [0.15, 0.2) is 11.4 Å². The Bertz CT molecular complexity index is 953. The van der Waals surface area contributed by atoms with Gasteiger partial charge in [0.05, 0.1) is 12.1 Å². The average Bonchev–Trinajstić information content (AvgIpc) is 3.11. The summed E-state index contributed by atoms with van der Waals surface area (Å²) in [5, 5.41) is 6.96. The van der Waals surface area contributed by atoms with Gasteiger partial charge >= 0.3 is 17.6 Å². The van der Waals surface area contributed by atoms with Crippen molar-refractivity contribution in [3.05, 3.63) is 45.5 Å². The number of carbonyl (C=O) groups excluding carboxylic acids is 1. The highest BCUT2D eigenvalue weighted by Gasteiger charge is 2.26. The van der Waals surface area contributed by atoms with Crippen molar-refractivity contribution >= 4 is 28.6 Å². The molecule has 1 aliphatic rings. The Kier molecular flexibility index (Phi) is 3.19. The molecule has 1 aliphatic carbocycles. The zero-order chi connectivity index (χ0) is 16.0. The highest BCUT2D eigenvalue weighted by molar-refractivity contribution is 6.31. The summed E-state index contributed by atoms with van der Waals surface area (Å²) >= 11 is 5.94. The zero-order valence-electron chi connectivity index (χ0n) is 11.8. The number of aromatic nitrogens is 3. The molecule has 0 radical (unpaired) electrons. The summed E-state index contributed by atoms with van der Waals surface area (Å²) < 4.78 is 11.4. The van der Waals surface area contributed by atoms with E-state index in [0.717, 1.165) is 12.8 Å². The van der Waals surface area contributed by atoms with Gasteiger partial charge in [-0.1, -0.05) is 16.8 Å². The summed E-state index contributed by atoms with van der Waals surface area (Å²) in [6, 6.07) is 5.05. The minimum absolute atomic E-state index is 0.0202. The van der Waals surface area contributed by atoms with Gasteiger partial charge in [-0.15, -0.1) is 0 Å². The fourth-order valence-corrected chi connectivity index (χ4v) is 2.38. The molecule has 23 heavy (non-hydrogen) atoms. The van der Waals surface area contributed by atoms with Gasteiger partial charge in [-0.3, -0.25) is 9.36 Å². The molecule has 0 unspecified atom stereocenters. The van der Waals surface area contributed by atoms with Crippen LogP contribution in [-0.2, 0) is 6.54 Å². The molecular formula is C14H11ClN4O4. The molecule has 1 fully saturated rings. The van der Waals surface area contributed by atoms with Crippen LogP contribution in [-0.4, -0.2) is 26.7 Å². The van der Waals surface area contributed by atoms with Gasteiger partial charge in [-0.25, -0.2) is 4.79 Å². The topological polar surface area (TPSA) is 103 Å². The van der Waals surface area contributed by atoms with E-state index >= 15 is 0 Å². The summed E-state index contributed by atoms with van der Waals surface area (Å²) in [4.78, 5) is 27.8. The van der Waals surface area contributed by atoms with Crippen LogP contribution < -0.4 is 11.1 Å². The standard InChI is InChI=1S/C14H11ClN4O4/c15-7-1-4-10-9(5-7)19(14(21)22-10)6-11-17-13(23-18-11)12(20)16-8-2-3-8/h1,4-5,8H,2-3,6H2,(H,16,20). The number of nitrogens with zero attached hydrogens (tertiary/aromatic N) is 3. The molecule has 0 aliphatic heterocycles. The number of amides is 1. The van der Waals surface area contributed by atoms with Gasteiger partial charge in [0.1, 0.15) is 0 Å². The van der Waals surface area contributed by atoms with Gasteiger partial charge in [-0.2, -0.15) is 4.98 Å². The molecule has 0 bridgehead atoms. The van der Waals surface area contributed by atoms with Crippen LogP contribution in [0.3, 0.4) is 0 Å². The minimum atomic E-state index is -0.559. The first kappa shape index (κ1) is 14.0. The van der Waals surface area contributed by atoms with Gasteiger partial charge in [0.2, 0.25) is 0 Å². The van der Waals surface area contributed by atoms with Crippen LogP contribution in [0.2, 0.25) is 5.02 Å². The van der Waals surface area contributed by atoms with Crippen molar-refractivity contribution < 1.29 is 13.7 Å². The molecule has 1 aromatic carbocycles. The Balaban J connectivity index is 1.62. The van der Waals surface area contributed by atoms with Crippen LogP contribution in [0.15, 0.2) is 31.9 Å². The Hall–Kier alpha value is -2.61. The molecule has 1 saturated carbocycles. The van der Waals surface area contributed by atoms with E-state index in [2.05, 4.69) is 15.5 Å². The smallest absolute Gasteiger partial charge is 0.408 e. The summed E-state index contributed by atoms with van der Waals surface area (Å²) in [6.07, 6.45) is 1.92. The maximum absolute atomic E-state index is 11.9. The number of nitrogens with one attached hydrogen (secondary N) is 1. The van der Waals surface area contributed by atoms with E-state index in [-0.39, 0.29) is 24.3 Å². The molecule has 1 N–H and O–H groups in total. The van der Waals surface area contributed by atoms with E-state index in [4.69, 9.17) is 20.5 Å². The van der Waals surface area contributed by atoms with E-state index < -0.39 is 11.7 Å². The van der Waals surface area contributed by atoms with Crippen molar-refractivity contribution in [1.29, 1.82) is 0 Å². The fourth-order valence-electron chi connectivity index (χ4n) is 2.21. The Labute approximate surface area is 134 Å². The summed E-state index contributed by atoms with van der Waals surface area (Å²) in [6.45, 7) is 0.0202. The third-order valence-corrected chi connectivity index (χ3v) is 3.74. The molecule has 0 saturated heterocycles. The van der Waals surface area contributed by atoms with Crippen LogP contribution in [0.25, 0.3) is 11.1 Å². The molecule has 1 amide bonds. The highest BCUT2D eigenvalue weighted by atomic mass is 35.5. The number of rotatable bonds is 4. The lowest BCUT2D eigenvalue weighted by Gasteiger charge is -1.98. The van der Waals surface area contributed by atoms with Gasteiger partial charge < -0.3 is 14.3 Å². The van der Waals surface area contributed by atoms with E-state index in [9.17, 15) is 9.59 Å². The molecular weight excluding hydrogens is 324 g/mol. The summed E-state index contributed by atoms with van der Waals surface area (Å²) in [5.74, 6) is -0.878. The SMILES string of the molecule is O=C(NC1CC1)c1nc(Cn2c(=O)oc3ccc(Cl)cc32)no1. The molecule has 0 spiro atoms. The first-order valence-electron chi connectivity index (χ1n) is 7.02. The monoisotopic (exact) mass is 334 g/mol. The van der Waals surface area contributed by atoms with Crippen LogP contribution in [0, 0.1) is 0 Å². The van der Waals surface area contributed by atoms with Crippen molar-refractivity contribution in [1.82, 2.24) is 20.0 Å². The maximum atomic E-state index is 11.9. The Morgan fingerprint density at radius 3 is 3.04 bits per heavy atom. The molecule has 118 valence electrons. The number of oxazole rings is 1. The molecule has 4 rings (SSSR count). The molecule has 0 atom stereocenters. The predicted molar refractivity (Wildman–Crippen MR) is 79.4 cm³/mol. The van der Waals surface area contributed by atoms with Gasteiger partial charge in [0.25, 0.3) is 0 Å². The number of hydrogen-bond donors (Lipinski definition) is 1. The number of hydrogen-bond acceptors (Lipinski definition) is 6. The fraction of sp³-hybridized carbons (Fsp3) is 0.286. The lowest BCUT2D eigenvalue weighted by molar-refractivity contribution is 0.0907. The van der Waals surface area contributed by atoms with Crippen molar-refractivity contribution in [2.75, 3.05) is 0 Å². The van der Waals surface area contributed by atoms with Crippen LogP contribution >= 0.6 is 11.6 Å². The van der Waals surface area contributed by atoms with Crippen LogP contribution in [0.4, 0.5) is 0 Å². The van der Waals surface area contributed by atoms with Crippen molar-refractivity contribution in [3.63, 3.8) is 0 Å². The third kappa shape index (κ3) is 2.72. The third-order valence-electron chi connectivity index (χ3n) is 3.50. The maximum Gasteiger partial charge on any atom is 0.420 e. The quantitative estimate of drug-likeness (QED) is 0.776. The van der Waals surface area contributed by atoms with E-state index in [1.165, 1.54) is 4.57 Å². The first-order valence-corrected chi connectivity index (χ1v) is 7.40. The number of carbonyl (C=O) groups is 1. The average molecular weight is 335 g/mol. The first-order chi connectivity index (χ1) is 11.1. The normalized spacial score (nSPS) is 14.3. The predicted octanol–water partition coefficient (Wildman–Crippen LogP) is 1.57. The molecule has 9 heteroatoms. The van der Waals surface area contributed by atoms with Crippen LogP contribution in [0.1, 0.15) is 29.4 Å². The lowest BCUT2D eigenvalue weighted by atomic mass is 10.3. The number of halogens is 1. The van der Waals surface area contributed by atoms with E-state index in [1.807, 2.05) is 0 Å². The summed E-state index contributed by atoms with van der Waals surface area (Å²) in [5.41, 5.74) is 0.936. The second kappa shape index (κ2) is 5.24. The Morgan fingerprint density at radius 2 is 2.26 bits per heavy atom. The zero-order valence-corrected chi connectivity index (χ0v) is 12.5. The largest absolute Gasteiger partial charge is 0.420 e. The second-order valence-corrected chi connectivity index (χ2v) is 5.77. The van der Waals surface area contributed by atoms with Crippen LogP contribution in [0.5, 0.6) is 0 Å². The molecule has 3 aromatic rings. The molecule has 2 heterocycles. The second-order valence-electron chi connectivity index (χ2n) is 5.33. The lowest BCUT2D eigenvalue weighted by Crippen LogP contribution is -2.25. The van der Waals surface area contributed by atoms with Crippen molar-refractivity contribution in [2.45, 2.75) is 25.4 Å². The van der Waals surface area contributed by atoms with Gasteiger partial charge in [-0.05, 0) is 31.0 Å². The molecule has 8 nitrogen and oxygen atoms in total. The van der Waals surface area contributed by atoms with Crippen molar-refractivity contribution in [2.24, 2.45) is 0 Å². The minimum Gasteiger partial charge on any atom is -0.408 e. The summed E-state index contributed by atoms with van der Waals surface area (Å²) in [7, 11) is 0. The number of benzene rings is 1. The van der Waals surface area contributed by atoms with E-state index in [1.54, 1.807) is 18.2 Å². The molecule has 2 aromatic heterocycles. The van der Waals surface area contributed by atoms with Gasteiger partial charge in [0, 0.05) is 11.1 Å². The van der Waals surface area contributed by atoms with Crippen molar-refractivity contribution in [3.8, 4) is 0 Å². The number of fused-ring (bicyclic) bond motifs is 1.